The lowest BCUT2D eigenvalue weighted by Gasteiger charge is -2.14. The highest BCUT2D eigenvalue weighted by Gasteiger charge is 2.34. The first-order valence-electron chi connectivity index (χ1n) is 12.1. The lowest BCUT2D eigenvalue weighted by molar-refractivity contribution is -0.594. The van der Waals surface area contributed by atoms with Crippen LogP contribution < -0.4 is 28.3 Å². The highest BCUT2D eigenvalue weighted by atomic mass is 79.9. The average molecular weight is 793 g/mol. The van der Waals surface area contributed by atoms with Crippen LogP contribution in [0, 0.1) is 0 Å². The van der Waals surface area contributed by atoms with E-state index in [1.807, 2.05) is 0 Å². The molecule has 4 rings (SSSR count). The maximum atomic E-state index is 12.9. The molecule has 0 bridgehead atoms. The Morgan fingerprint density at radius 1 is 0.795 bits per heavy atom. The molecule has 2 heterocycles. The summed E-state index contributed by atoms with van der Waals surface area (Å²) in [5.41, 5.74) is 0.0923. The van der Waals surface area contributed by atoms with E-state index in [2.05, 4.69) is 37.0 Å². The molecule has 0 radical (unpaired) electrons. The minimum Gasteiger partial charge on any atom is -1.00 e. The molecule has 240 valence electrons. The summed E-state index contributed by atoms with van der Waals surface area (Å²) in [7, 11) is 6.98. The molecule has 0 atom stereocenters. The van der Waals surface area contributed by atoms with Gasteiger partial charge in [-0.1, -0.05) is 44.0 Å². The van der Waals surface area contributed by atoms with Crippen LogP contribution in [-0.2, 0) is 12.4 Å². The van der Waals surface area contributed by atoms with Crippen molar-refractivity contribution in [3.8, 4) is 11.4 Å². The number of hydrazine groups is 1. The summed E-state index contributed by atoms with van der Waals surface area (Å²) in [6.07, 6.45) is -6.77. The fourth-order valence-electron chi connectivity index (χ4n) is 3.25. The van der Waals surface area contributed by atoms with Crippen molar-refractivity contribution in [1.29, 1.82) is 0 Å². The molecule has 2 aromatic heterocycles. The Morgan fingerprint density at radius 3 is 1.82 bits per heavy atom. The molecule has 16 heteroatoms. The molecule has 0 saturated heterocycles. The van der Waals surface area contributed by atoms with Crippen LogP contribution in [0.5, 0.6) is 0 Å². The van der Waals surface area contributed by atoms with Gasteiger partial charge in [0.25, 0.3) is 5.15 Å². The summed E-state index contributed by atoms with van der Waals surface area (Å²) in [6, 6.07) is 18.4. The van der Waals surface area contributed by atoms with Crippen molar-refractivity contribution in [2.24, 2.45) is 10.9 Å². The van der Waals surface area contributed by atoms with Crippen LogP contribution in [-0.4, -0.2) is 42.8 Å². The molecule has 6 nitrogen and oxygen atoms in total. The number of rotatable bonds is 3. The standard InChI is InChI=1S/C14H13BrF3N3.C12H7BrClF3N.C2H8N2.ClH/c1-20(2)19-13-7-6-10(14(16,17)18)9-21(13)12-5-3-4-11(15)8-12;13-9-2-1-3-10(6-9)18-7-8(12(15,16)17)4-5-11(18)14;1-4(2)3;/h3-9H,1-2H3;1-7H;3H2,1-2H3;1H/q;+1;;/p-1/b19-13+;;;. The predicted octanol–water partition coefficient (Wildman–Crippen LogP) is 4.46. The van der Waals surface area contributed by atoms with Crippen molar-refractivity contribution in [3.05, 3.63) is 116 Å². The number of alkyl halides is 6. The number of nitrogens with two attached hydrogens (primary N) is 1. The van der Waals surface area contributed by atoms with Gasteiger partial charge in [-0.3, -0.25) is 15.4 Å². The Bertz CT molecular complexity index is 1570. The zero-order valence-electron chi connectivity index (χ0n) is 23.7. The van der Waals surface area contributed by atoms with Gasteiger partial charge in [0.15, 0.2) is 11.7 Å². The van der Waals surface area contributed by atoms with E-state index in [9.17, 15) is 26.3 Å². The van der Waals surface area contributed by atoms with Gasteiger partial charge in [0.2, 0.25) is 5.69 Å². The molecule has 0 aliphatic rings. The van der Waals surface area contributed by atoms with Crippen molar-refractivity contribution in [3.63, 3.8) is 0 Å². The molecular formula is C28H28Br2Cl2F6N6. The smallest absolute Gasteiger partial charge is 0.422 e. The second kappa shape index (κ2) is 17.2. The first-order chi connectivity index (χ1) is 19.9. The van der Waals surface area contributed by atoms with Gasteiger partial charge in [-0.15, -0.1) is 4.57 Å². The van der Waals surface area contributed by atoms with Crippen LogP contribution in [0.15, 0.2) is 99.2 Å². The molecule has 4 aromatic rings. The van der Waals surface area contributed by atoms with Crippen molar-refractivity contribution in [2.45, 2.75) is 12.4 Å². The van der Waals surface area contributed by atoms with E-state index in [4.69, 9.17) is 17.4 Å². The van der Waals surface area contributed by atoms with E-state index < -0.39 is 23.5 Å². The number of halogens is 10. The first-order valence-corrected chi connectivity index (χ1v) is 14.1. The van der Waals surface area contributed by atoms with Gasteiger partial charge >= 0.3 is 12.4 Å². The van der Waals surface area contributed by atoms with E-state index in [0.717, 1.165) is 33.5 Å². The van der Waals surface area contributed by atoms with Gasteiger partial charge in [0, 0.05) is 67.2 Å². The third-order valence-corrected chi connectivity index (χ3v) is 6.25. The molecule has 2 aromatic carbocycles. The zero-order chi connectivity index (χ0) is 32.5. The number of nitrogens with zero attached hydrogens (tertiary/aromatic N) is 5. The minimum atomic E-state index is -4.40. The zero-order valence-corrected chi connectivity index (χ0v) is 28.4. The van der Waals surface area contributed by atoms with Crippen molar-refractivity contribution < 1.29 is 43.3 Å². The SMILES string of the molecule is CN(C)/N=c1\ccc(C(F)(F)F)cn1-c1cccc(Br)c1.CN(C)N.FC(F)(F)c1ccc(Cl)[n+](-c2cccc(Br)c2)c1.[Cl-]. The van der Waals surface area contributed by atoms with Gasteiger partial charge in [-0.25, -0.2) is 0 Å². The predicted molar refractivity (Wildman–Crippen MR) is 161 cm³/mol. The topological polar surface area (TPSA) is 53.7 Å². The Kier molecular flexibility index (Phi) is 15.4. The third-order valence-electron chi connectivity index (χ3n) is 4.96. The average Bonchev–Trinajstić information content (AvgIpc) is 2.87. The Labute approximate surface area is 279 Å². The van der Waals surface area contributed by atoms with E-state index in [1.165, 1.54) is 31.3 Å². The molecule has 0 unspecified atom stereocenters. The van der Waals surface area contributed by atoms with Crippen molar-refractivity contribution in [1.82, 2.24) is 14.6 Å². The summed E-state index contributed by atoms with van der Waals surface area (Å²) in [5.74, 6) is 4.94. The number of aromatic nitrogens is 2. The van der Waals surface area contributed by atoms with Crippen LogP contribution in [0.2, 0.25) is 5.15 Å². The fourth-order valence-corrected chi connectivity index (χ4v) is 4.24. The number of benzene rings is 2. The summed E-state index contributed by atoms with van der Waals surface area (Å²) in [5, 5.41) is 7.45. The normalized spacial score (nSPS) is 11.6. The second-order valence-corrected chi connectivity index (χ2v) is 11.3. The summed E-state index contributed by atoms with van der Waals surface area (Å²) in [4.78, 5) is 0. The fraction of sp³-hybridized carbons (Fsp3) is 0.214. The Hall–Kier alpha value is -2.62. The Balaban J connectivity index is 0.000000388. The molecule has 0 fully saturated rings. The summed E-state index contributed by atoms with van der Waals surface area (Å²) >= 11 is 12.5. The Morgan fingerprint density at radius 2 is 1.32 bits per heavy atom. The van der Waals surface area contributed by atoms with E-state index >= 15 is 0 Å². The molecule has 0 aliphatic heterocycles. The lowest BCUT2D eigenvalue weighted by Crippen LogP contribution is -3.00. The monoisotopic (exact) mass is 790 g/mol. The lowest BCUT2D eigenvalue weighted by atomic mass is 10.2. The van der Waals surface area contributed by atoms with Crippen LogP contribution >= 0.6 is 43.5 Å². The number of pyridine rings is 2. The molecule has 0 saturated carbocycles. The molecule has 0 aliphatic carbocycles. The van der Waals surface area contributed by atoms with E-state index in [-0.39, 0.29) is 17.6 Å². The number of hydrogen-bond donors (Lipinski definition) is 1. The summed E-state index contributed by atoms with van der Waals surface area (Å²) < 4.78 is 80.8. The maximum Gasteiger partial charge on any atom is 0.422 e. The second-order valence-electron chi connectivity index (χ2n) is 9.12. The van der Waals surface area contributed by atoms with Gasteiger partial charge in [0.05, 0.1) is 5.56 Å². The number of hydrogen-bond acceptors (Lipinski definition) is 4. The van der Waals surface area contributed by atoms with Crippen molar-refractivity contribution >= 4 is 43.5 Å². The van der Waals surface area contributed by atoms with Crippen LogP contribution in [0.25, 0.3) is 11.4 Å². The maximum absolute atomic E-state index is 12.9. The molecular weight excluding hydrogens is 765 g/mol. The quantitative estimate of drug-likeness (QED) is 0.110. The van der Waals surface area contributed by atoms with Crippen molar-refractivity contribution in [2.75, 3.05) is 28.2 Å². The largest absolute Gasteiger partial charge is 1.00 e. The van der Waals surface area contributed by atoms with Gasteiger partial charge in [-0.05, 0) is 54.1 Å². The molecule has 0 amide bonds. The van der Waals surface area contributed by atoms with Gasteiger partial charge < -0.3 is 17.4 Å². The van der Waals surface area contributed by atoms with Crippen LogP contribution in [0.1, 0.15) is 11.1 Å². The first kappa shape index (κ1) is 39.4. The molecule has 44 heavy (non-hydrogen) atoms. The third kappa shape index (κ3) is 12.8. The van der Waals surface area contributed by atoms with E-state index in [1.54, 1.807) is 76.7 Å². The highest BCUT2D eigenvalue weighted by Crippen LogP contribution is 2.30. The molecule has 2 N–H and O–H groups in total. The van der Waals surface area contributed by atoms with Gasteiger partial charge in [-0.2, -0.15) is 31.4 Å². The van der Waals surface area contributed by atoms with Crippen LogP contribution in [0.3, 0.4) is 0 Å². The van der Waals surface area contributed by atoms with E-state index in [0.29, 0.717) is 16.9 Å². The minimum absolute atomic E-state index is 0. The molecule has 0 spiro atoms. The van der Waals surface area contributed by atoms with Crippen LogP contribution in [0.4, 0.5) is 26.3 Å². The highest BCUT2D eigenvalue weighted by molar-refractivity contribution is 9.10. The van der Waals surface area contributed by atoms with Gasteiger partial charge in [0.1, 0.15) is 5.56 Å². The summed E-state index contributed by atoms with van der Waals surface area (Å²) in [6.45, 7) is 0.